The van der Waals surface area contributed by atoms with Crippen LogP contribution in [0.15, 0.2) is 0 Å². The van der Waals surface area contributed by atoms with Crippen molar-refractivity contribution in [2.75, 3.05) is 0 Å². The predicted octanol–water partition coefficient (Wildman–Crippen LogP) is 1.11. The van der Waals surface area contributed by atoms with E-state index in [0.29, 0.717) is 0 Å². The zero-order valence-corrected chi connectivity index (χ0v) is 7.72. The number of nitrogens with two attached hydrogens (primary N) is 1. The van der Waals surface area contributed by atoms with Crippen LogP contribution in [0.3, 0.4) is 0 Å². The van der Waals surface area contributed by atoms with Crippen molar-refractivity contribution in [3.8, 4) is 0 Å². The van der Waals surface area contributed by atoms with Gasteiger partial charge in [-0.1, -0.05) is 0 Å². The second-order valence-corrected chi connectivity index (χ2v) is 9.52. The second kappa shape index (κ2) is 3.54. The Morgan fingerprint density at radius 1 is 2.00 bits per heavy atom. The molecule has 0 heterocycles. The van der Waals surface area contributed by atoms with Gasteiger partial charge in [0, 0.05) is 0 Å². The van der Waals surface area contributed by atoms with Gasteiger partial charge in [-0.25, -0.2) is 0 Å². The second-order valence-electron chi connectivity index (χ2n) is 0.649. The van der Waals surface area contributed by atoms with Crippen LogP contribution in [0.5, 0.6) is 0 Å². The van der Waals surface area contributed by atoms with Gasteiger partial charge in [-0.3, -0.25) is 0 Å². The summed E-state index contributed by atoms with van der Waals surface area (Å²) in [4.78, 5) is 0. The average Bonchev–Trinajstić information content (AvgIpc) is 1.68. The summed E-state index contributed by atoms with van der Waals surface area (Å²) in [5.41, 5.74) is 0. The van der Waals surface area contributed by atoms with Crippen molar-refractivity contribution in [3.05, 3.63) is 0 Å². The summed E-state index contributed by atoms with van der Waals surface area (Å²) in [6.07, 6.45) is 0. The van der Waals surface area contributed by atoms with E-state index in [0.717, 1.165) is 9.09 Å². The summed E-state index contributed by atoms with van der Waals surface area (Å²) >= 11 is 5.11. The Morgan fingerprint density at radius 3 is 2.43 bits per heavy atom. The monoisotopic (exact) mass is 242 g/mol. The first-order valence-electron chi connectivity index (χ1n) is 1.15. The third-order valence-electron chi connectivity index (χ3n) is 0.227. The number of hydrogen-bond donors (Lipinski definition) is 2. The van der Waals surface area contributed by atoms with Crippen molar-refractivity contribution in [2.45, 2.75) is 0 Å². The third kappa shape index (κ3) is 4.07. The maximum atomic E-state index is 10.4. The topological polar surface area (TPSA) is 52.3 Å². The summed E-state index contributed by atoms with van der Waals surface area (Å²) < 4.78 is 14.4. The van der Waals surface area contributed by atoms with E-state index in [4.69, 9.17) is 0 Å². The van der Waals surface area contributed by atoms with Gasteiger partial charge in [-0.05, 0) is 0 Å². The van der Waals surface area contributed by atoms with Crippen molar-refractivity contribution < 1.29 is 27.7 Å². The van der Waals surface area contributed by atoms with E-state index >= 15 is 0 Å². The molecule has 0 aliphatic carbocycles. The minimum atomic E-state index is -2.76. The van der Waals surface area contributed by atoms with Crippen molar-refractivity contribution in [2.24, 2.45) is 5.90 Å². The number of rotatable bonds is 2. The van der Waals surface area contributed by atoms with Gasteiger partial charge in [0.05, 0.1) is 0 Å². The first-order valence-corrected chi connectivity index (χ1v) is 7.73. The maximum absolute atomic E-state index is 10.4. The summed E-state index contributed by atoms with van der Waals surface area (Å²) in [7, 11) is 1.01. The normalized spacial score (nSPS) is 18.6. The molecule has 0 aromatic heterocycles. The van der Waals surface area contributed by atoms with Crippen LogP contribution in [0.1, 0.15) is 0 Å². The van der Waals surface area contributed by atoms with Crippen LogP contribution in [0.4, 0.5) is 0 Å². The quantitative estimate of drug-likeness (QED) is 0.328. The summed E-state index contributed by atoms with van der Waals surface area (Å²) in [5, 5.41) is 0. The molecular formula is H3MoNO2PS2. The molecule has 0 aromatic rings. The Hall–Kier alpha value is 1.54. The molecule has 0 radical (unpaired) electrons. The van der Waals surface area contributed by atoms with E-state index in [1.165, 1.54) is 0 Å². The molecule has 0 aliphatic rings. The van der Waals surface area contributed by atoms with E-state index < -0.39 is 5.77 Å². The first-order chi connectivity index (χ1) is 3.12. The predicted molar refractivity (Wildman–Crippen MR) is 29.5 cm³/mol. The van der Waals surface area contributed by atoms with Gasteiger partial charge in [-0.2, -0.15) is 0 Å². The van der Waals surface area contributed by atoms with Gasteiger partial charge in [0.2, 0.25) is 0 Å². The molecule has 7 heteroatoms. The summed E-state index contributed by atoms with van der Waals surface area (Å²) in [5.74, 6) is 1.80. The summed E-state index contributed by atoms with van der Waals surface area (Å²) in [6, 6.07) is 0. The van der Waals surface area contributed by atoms with Crippen LogP contribution in [-0.4, -0.2) is 0 Å². The molecule has 0 aliphatic heterocycles. The Bertz CT molecular complexity index is 87.7. The molecule has 0 aromatic carbocycles. The van der Waals surface area contributed by atoms with Crippen LogP contribution in [-0.2, 0) is 27.7 Å². The van der Waals surface area contributed by atoms with Gasteiger partial charge in [-0.15, -0.1) is 0 Å². The standard InChI is InChI=1S/Mo.H4NO2PS2/c;1-3-4(2,5)6/h;1H2,(H2,2,5,6)/q+1;/p-1. The minimum absolute atomic E-state index is 1.01. The molecule has 0 fully saturated rings. The molecule has 0 spiro atoms. The first kappa shape index (κ1) is 8.54. The van der Waals surface area contributed by atoms with E-state index in [1.54, 1.807) is 18.5 Å². The van der Waals surface area contributed by atoms with E-state index in [9.17, 15) is 4.57 Å². The number of hydrogen-bond acceptors (Lipinski definition) is 4. The molecule has 0 rings (SSSR count). The fourth-order valence-corrected chi connectivity index (χ4v) is 0.935. The Labute approximate surface area is 60.7 Å². The average molecular weight is 240 g/mol. The van der Waals surface area contributed by atoms with Crippen molar-refractivity contribution in [1.29, 1.82) is 0 Å². The summed E-state index contributed by atoms with van der Waals surface area (Å²) in [6.45, 7) is 0. The van der Waals surface area contributed by atoms with Crippen molar-refractivity contribution in [1.82, 2.24) is 0 Å². The molecule has 1 atom stereocenters. The van der Waals surface area contributed by atoms with Gasteiger partial charge < -0.3 is 0 Å². The van der Waals surface area contributed by atoms with Crippen LogP contribution < -0.4 is 5.90 Å². The fraction of sp³-hybridized carbons (Fsp3) is 0. The zero-order chi connectivity index (χ0) is 5.91. The Morgan fingerprint density at radius 2 is 2.43 bits per heavy atom. The van der Waals surface area contributed by atoms with Crippen LogP contribution in [0, 0.1) is 0 Å². The Kier molecular flexibility index (Phi) is 4.32. The van der Waals surface area contributed by atoms with E-state index in [-0.39, 0.29) is 0 Å². The molecule has 2 N–H and O–H groups in total. The van der Waals surface area contributed by atoms with E-state index in [2.05, 4.69) is 22.8 Å². The number of thiol groups is 1. The molecule has 7 heavy (non-hydrogen) atoms. The van der Waals surface area contributed by atoms with Gasteiger partial charge >= 0.3 is 60.7 Å². The van der Waals surface area contributed by atoms with E-state index in [1.807, 2.05) is 0 Å². The van der Waals surface area contributed by atoms with Gasteiger partial charge in [0.15, 0.2) is 0 Å². The third-order valence-corrected chi connectivity index (χ3v) is 9.51. The fourth-order valence-electron chi connectivity index (χ4n) is 0.0176. The van der Waals surface area contributed by atoms with Crippen LogP contribution >= 0.6 is 27.1 Å². The van der Waals surface area contributed by atoms with Crippen molar-refractivity contribution in [3.63, 3.8) is 0 Å². The molecule has 0 bridgehead atoms. The van der Waals surface area contributed by atoms with Crippen LogP contribution in [0.25, 0.3) is 0 Å². The molecular weight excluding hydrogens is 237 g/mol. The van der Waals surface area contributed by atoms with Gasteiger partial charge in [0.1, 0.15) is 0 Å². The molecule has 3 nitrogen and oxygen atoms in total. The molecule has 0 amide bonds. The zero-order valence-electron chi connectivity index (χ0n) is 3.10. The SMILES string of the molecule is NOP(=O)(S)[S][Mo]. The molecule has 0 saturated carbocycles. The molecule has 43 valence electrons. The van der Waals surface area contributed by atoms with Crippen molar-refractivity contribution >= 4 is 27.1 Å². The Balaban J connectivity index is 3.61. The molecule has 1 unspecified atom stereocenters. The van der Waals surface area contributed by atoms with Crippen LogP contribution in [0.2, 0.25) is 0 Å². The molecule has 0 saturated heterocycles. The van der Waals surface area contributed by atoms with Gasteiger partial charge in [0.25, 0.3) is 0 Å².